The molecule has 3 rings (SSSR count). The summed E-state index contributed by atoms with van der Waals surface area (Å²) in [7, 11) is 1.32. The Labute approximate surface area is 146 Å². The molecule has 0 aliphatic heterocycles. The van der Waals surface area contributed by atoms with Gasteiger partial charge in [0.15, 0.2) is 0 Å². The molecule has 25 heavy (non-hydrogen) atoms. The van der Waals surface area contributed by atoms with E-state index in [0.29, 0.717) is 12.0 Å². The van der Waals surface area contributed by atoms with Gasteiger partial charge in [-0.25, -0.2) is 4.79 Å². The number of hydrogen-bond acceptors (Lipinski definition) is 3. The van der Waals surface area contributed by atoms with E-state index in [4.69, 9.17) is 4.74 Å². The molecular formula is C21H19NO3. The third-order valence-corrected chi connectivity index (χ3v) is 4.08. The minimum Gasteiger partial charge on any atom is -0.467 e. The summed E-state index contributed by atoms with van der Waals surface area (Å²) in [5, 5.41) is 5.00. The van der Waals surface area contributed by atoms with Gasteiger partial charge in [-0.05, 0) is 28.5 Å². The molecule has 0 aliphatic rings. The van der Waals surface area contributed by atoms with Crippen molar-refractivity contribution in [3.05, 3.63) is 83.9 Å². The van der Waals surface area contributed by atoms with Crippen LogP contribution in [0.4, 0.5) is 0 Å². The second kappa shape index (κ2) is 7.62. The van der Waals surface area contributed by atoms with Crippen LogP contribution in [-0.4, -0.2) is 25.0 Å². The van der Waals surface area contributed by atoms with E-state index in [0.717, 1.165) is 16.3 Å². The molecule has 0 aromatic heterocycles. The molecule has 0 saturated heterocycles. The van der Waals surface area contributed by atoms with Gasteiger partial charge < -0.3 is 10.1 Å². The molecule has 0 bridgehead atoms. The number of methoxy groups -OCH3 is 1. The number of ether oxygens (including phenoxy) is 1. The van der Waals surface area contributed by atoms with E-state index in [1.807, 2.05) is 48.5 Å². The summed E-state index contributed by atoms with van der Waals surface area (Å²) in [6, 6.07) is 22.1. The van der Waals surface area contributed by atoms with Crippen LogP contribution in [0.15, 0.2) is 72.8 Å². The Morgan fingerprint density at radius 3 is 2.32 bits per heavy atom. The van der Waals surface area contributed by atoms with Crippen LogP contribution in [0.3, 0.4) is 0 Å². The van der Waals surface area contributed by atoms with Gasteiger partial charge in [0.1, 0.15) is 6.04 Å². The fourth-order valence-corrected chi connectivity index (χ4v) is 2.77. The normalized spacial score (nSPS) is 11.7. The van der Waals surface area contributed by atoms with Crippen LogP contribution in [0.1, 0.15) is 15.9 Å². The lowest BCUT2D eigenvalue weighted by molar-refractivity contribution is -0.142. The van der Waals surface area contributed by atoms with E-state index >= 15 is 0 Å². The zero-order valence-electron chi connectivity index (χ0n) is 13.9. The predicted octanol–water partition coefficient (Wildman–Crippen LogP) is 3.35. The molecule has 4 heteroatoms. The molecule has 1 unspecified atom stereocenters. The standard InChI is InChI=1S/C21H19NO3/c1-25-21(24)19(22-20(23)17-8-3-2-4-9-17)14-15-11-12-16-7-5-6-10-18(16)13-15/h2-13,19H,14H2,1H3,(H,22,23). The Kier molecular flexibility index (Phi) is 5.09. The predicted molar refractivity (Wildman–Crippen MR) is 97.4 cm³/mol. The van der Waals surface area contributed by atoms with E-state index < -0.39 is 12.0 Å². The van der Waals surface area contributed by atoms with Crippen LogP contribution in [0.5, 0.6) is 0 Å². The Morgan fingerprint density at radius 2 is 1.60 bits per heavy atom. The first-order valence-electron chi connectivity index (χ1n) is 8.09. The number of esters is 1. The van der Waals surface area contributed by atoms with Crippen molar-refractivity contribution >= 4 is 22.6 Å². The topological polar surface area (TPSA) is 55.4 Å². The summed E-state index contributed by atoms with van der Waals surface area (Å²) in [6.07, 6.45) is 0.371. The largest absolute Gasteiger partial charge is 0.467 e. The Bertz CT molecular complexity index is 890. The molecule has 0 radical (unpaired) electrons. The molecule has 0 spiro atoms. The van der Waals surface area contributed by atoms with E-state index in [9.17, 15) is 9.59 Å². The maximum Gasteiger partial charge on any atom is 0.328 e. The van der Waals surface area contributed by atoms with Crippen molar-refractivity contribution in [2.45, 2.75) is 12.5 Å². The lowest BCUT2D eigenvalue weighted by atomic mass is 10.0. The lowest BCUT2D eigenvalue weighted by Crippen LogP contribution is -2.43. The first-order chi connectivity index (χ1) is 12.2. The Hall–Kier alpha value is -3.14. The van der Waals surface area contributed by atoms with Gasteiger partial charge in [0.2, 0.25) is 0 Å². The van der Waals surface area contributed by atoms with Crippen molar-refractivity contribution in [1.82, 2.24) is 5.32 Å². The lowest BCUT2D eigenvalue weighted by Gasteiger charge is -2.17. The smallest absolute Gasteiger partial charge is 0.328 e. The van der Waals surface area contributed by atoms with Crippen LogP contribution in [0.25, 0.3) is 10.8 Å². The van der Waals surface area contributed by atoms with Crippen LogP contribution in [0, 0.1) is 0 Å². The fraction of sp³-hybridized carbons (Fsp3) is 0.143. The highest BCUT2D eigenvalue weighted by Gasteiger charge is 2.22. The van der Waals surface area contributed by atoms with Crippen LogP contribution in [-0.2, 0) is 16.0 Å². The summed E-state index contributed by atoms with van der Waals surface area (Å²) < 4.78 is 4.86. The molecule has 0 heterocycles. The van der Waals surface area contributed by atoms with Crippen molar-refractivity contribution in [1.29, 1.82) is 0 Å². The van der Waals surface area contributed by atoms with Crippen molar-refractivity contribution in [3.63, 3.8) is 0 Å². The van der Waals surface area contributed by atoms with Gasteiger partial charge in [0.05, 0.1) is 7.11 Å². The van der Waals surface area contributed by atoms with Crippen molar-refractivity contribution in [2.75, 3.05) is 7.11 Å². The van der Waals surface area contributed by atoms with Crippen molar-refractivity contribution in [3.8, 4) is 0 Å². The highest BCUT2D eigenvalue weighted by molar-refractivity contribution is 5.96. The second-order valence-electron chi connectivity index (χ2n) is 5.80. The fourth-order valence-electron chi connectivity index (χ4n) is 2.77. The van der Waals surface area contributed by atoms with E-state index in [-0.39, 0.29) is 5.91 Å². The molecular weight excluding hydrogens is 314 g/mol. The van der Waals surface area contributed by atoms with Gasteiger partial charge >= 0.3 is 5.97 Å². The average Bonchev–Trinajstić information content (AvgIpc) is 2.67. The maximum absolute atomic E-state index is 12.4. The maximum atomic E-state index is 12.4. The number of amides is 1. The van der Waals surface area contributed by atoms with Gasteiger partial charge in [0.25, 0.3) is 5.91 Å². The van der Waals surface area contributed by atoms with Crippen LogP contribution >= 0.6 is 0 Å². The summed E-state index contributed by atoms with van der Waals surface area (Å²) in [4.78, 5) is 24.5. The van der Waals surface area contributed by atoms with Crippen LogP contribution < -0.4 is 5.32 Å². The van der Waals surface area contributed by atoms with Gasteiger partial charge in [-0.2, -0.15) is 0 Å². The van der Waals surface area contributed by atoms with E-state index in [2.05, 4.69) is 5.32 Å². The second-order valence-corrected chi connectivity index (χ2v) is 5.80. The van der Waals surface area contributed by atoms with Gasteiger partial charge in [-0.15, -0.1) is 0 Å². The quantitative estimate of drug-likeness (QED) is 0.729. The number of carbonyl (C=O) groups excluding carboxylic acids is 2. The first-order valence-corrected chi connectivity index (χ1v) is 8.09. The van der Waals surface area contributed by atoms with Gasteiger partial charge in [-0.3, -0.25) is 4.79 Å². The summed E-state index contributed by atoms with van der Waals surface area (Å²) in [5.74, 6) is -0.755. The molecule has 3 aromatic rings. The Balaban J connectivity index is 1.80. The molecule has 3 aromatic carbocycles. The Morgan fingerprint density at radius 1 is 0.920 bits per heavy atom. The number of nitrogens with one attached hydrogen (secondary N) is 1. The van der Waals surface area contributed by atoms with E-state index in [1.54, 1.807) is 24.3 Å². The average molecular weight is 333 g/mol. The minimum atomic E-state index is -0.737. The third kappa shape index (κ3) is 4.04. The molecule has 126 valence electrons. The molecule has 0 fully saturated rings. The number of rotatable bonds is 5. The first kappa shape index (κ1) is 16.7. The highest BCUT2D eigenvalue weighted by atomic mass is 16.5. The third-order valence-electron chi connectivity index (χ3n) is 4.08. The summed E-state index contributed by atoms with van der Waals surface area (Å²) in [5.41, 5.74) is 1.47. The monoisotopic (exact) mass is 333 g/mol. The number of benzene rings is 3. The zero-order chi connectivity index (χ0) is 17.6. The van der Waals surface area contributed by atoms with Gasteiger partial charge in [0, 0.05) is 12.0 Å². The summed E-state index contributed by atoms with van der Waals surface area (Å²) in [6.45, 7) is 0. The highest BCUT2D eigenvalue weighted by Crippen LogP contribution is 2.17. The number of carbonyl (C=O) groups is 2. The van der Waals surface area contributed by atoms with Gasteiger partial charge in [-0.1, -0.05) is 60.7 Å². The molecule has 0 aliphatic carbocycles. The molecule has 4 nitrogen and oxygen atoms in total. The van der Waals surface area contributed by atoms with Crippen molar-refractivity contribution < 1.29 is 14.3 Å². The van der Waals surface area contributed by atoms with Crippen molar-refractivity contribution in [2.24, 2.45) is 0 Å². The molecule has 1 amide bonds. The van der Waals surface area contributed by atoms with Crippen LogP contribution in [0.2, 0.25) is 0 Å². The molecule has 1 atom stereocenters. The molecule has 0 saturated carbocycles. The summed E-state index contributed by atoms with van der Waals surface area (Å²) >= 11 is 0. The SMILES string of the molecule is COC(=O)C(Cc1ccc2ccccc2c1)NC(=O)c1ccccc1. The zero-order valence-corrected chi connectivity index (χ0v) is 13.9. The number of hydrogen-bond donors (Lipinski definition) is 1. The molecule has 1 N–H and O–H groups in total. The minimum absolute atomic E-state index is 0.295. The number of fused-ring (bicyclic) bond motifs is 1. The van der Waals surface area contributed by atoms with E-state index in [1.165, 1.54) is 7.11 Å².